The maximum atomic E-state index is 11.8. The fourth-order valence-electron chi connectivity index (χ4n) is 1.68. The van der Waals surface area contributed by atoms with Gasteiger partial charge >= 0.3 is 0 Å². The van der Waals surface area contributed by atoms with Gasteiger partial charge < -0.3 is 5.11 Å². The van der Waals surface area contributed by atoms with Gasteiger partial charge in [0.05, 0.1) is 5.56 Å². The smallest absolute Gasteiger partial charge is 0.189 e. The number of ketones is 1. The standard InChI is InChI=1S/C17H13ClO2/c18-15-10-4-1-7-13(15)8-2-5-11-16(19)14-9-3-6-12-17(14)20/h1-12,20H/b8-2+,11-5+. The number of carbonyl (C=O) groups excluding carboxylic acids is 1. The first kappa shape index (κ1) is 14.1. The summed E-state index contributed by atoms with van der Waals surface area (Å²) < 4.78 is 0. The van der Waals surface area contributed by atoms with Crippen molar-refractivity contribution in [2.24, 2.45) is 0 Å². The lowest BCUT2D eigenvalue weighted by atomic mass is 10.1. The van der Waals surface area contributed by atoms with Gasteiger partial charge in [-0.05, 0) is 29.8 Å². The minimum atomic E-state index is -0.244. The maximum Gasteiger partial charge on any atom is 0.189 e. The molecule has 0 aliphatic carbocycles. The minimum Gasteiger partial charge on any atom is -0.507 e. The van der Waals surface area contributed by atoms with Gasteiger partial charge in [0.25, 0.3) is 0 Å². The summed E-state index contributed by atoms with van der Waals surface area (Å²) in [6.45, 7) is 0. The second-order valence-corrected chi connectivity index (χ2v) is 4.53. The van der Waals surface area contributed by atoms with Crippen molar-refractivity contribution in [3.05, 3.63) is 82.9 Å². The average molecular weight is 285 g/mol. The van der Waals surface area contributed by atoms with E-state index in [-0.39, 0.29) is 17.1 Å². The molecule has 1 N–H and O–H groups in total. The summed E-state index contributed by atoms with van der Waals surface area (Å²) in [6, 6.07) is 13.9. The molecule has 0 bridgehead atoms. The predicted molar refractivity (Wildman–Crippen MR) is 82.1 cm³/mol. The molecule has 2 aromatic carbocycles. The molecular formula is C17H13ClO2. The summed E-state index contributed by atoms with van der Waals surface area (Å²) in [5, 5.41) is 10.2. The molecule has 2 nitrogen and oxygen atoms in total. The Morgan fingerprint density at radius 2 is 1.70 bits per heavy atom. The van der Waals surface area contributed by atoms with Crippen molar-refractivity contribution >= 4 is 23.5 Å². The number of carbonyl (C=O) groups is 1. The molecule has 2 rings (SSSR count). The number of halogens is 1. The van der Waals surface area contributed by atoms with E-state index in [2.05, 4.69) is 0 Å². The summed E-state index contributed by atoms with van der Waals surface area (Å²) in [5.41, 5.74) is 1.17. The van der Waals surface area contributed by atoms with E-state index >= 15 is 0 Å². The Labute approximate surface area is 122 Å². The number of rotatable bonds is 4. The third kappa shape index (κ3) is 3.59. The van der Waals surface area contributed by atoms with E-state index < -0.39 is 0 Å². The summed E-state index contributed by atoms with van der Waals surface area (Å²) in [5.74, 6) is -0.260. The van der Waals surface area contributed by atoms with Crippen LogP contribution in [-0.4, -0.2) is 10.9 Å². The van der Waals surface area contributed by atoms with Gasteiger partial charge in [-0.2, -0.15) is 0 Å². The van der Waals surface area contributed by atoms with Crippen LogP contribution in [0.3, 0.4) is 0 Å². The maximum absolute atomic E-state index is 11.8. The quantitative estimate of drug-likeness (QED) is 0.510. The average Bonchev–Trinajstić information content (AvgIpc) is 2.45. The van der Waals surface area contributed by atoms with Crippen LogP contribution in [0.5, 0.6) is 5.75 Å². The molecule has 0 aromatic heterocycles. The van der Waals surface area contributed by atoms with Crippen molar-refractivity contribution in [3.8, 4) is 5.75 Å². The van der Waals surface area contributed by atoms with Crippen molar-refractivity contribution in [2.75, 3.05) is 0 Å². The van der Waals surface area contributed by atoms with Crippen molar-refractivity contribution in [3.63, 3.8) is 0 Å². The third-order valence-corrected chi connectivity index (χ3v) is 3.05. The zero-order chi connectivity index (χ0) is 14.4. The number of benzene rings is 2. The van der Waals surface area contributed by atoms with Crippen LogP contribution in [0.15, 0.2) is 66.8 Å². The van der Waals surface area contributed by atoms with Crippen molar-refractivity contribution in [1.82, 2.24) is 0 Å². The van der Waals surface area contributed by atoms with Crippen LogP contribution in [0, 0.1) is 0 Å². The molecule has 3 heteroatoms. The Bertz CT molecular complexity index is 672. The van der Waals surface area contributed by atoms with Crippen LogP contribution in [0.2, 0.25) is 5.02 Å². The highest BCUT2D eigenvalue weighted by Gasteiger charge is 2.05. The van der Waals surface area contributed by atoms with Gasteiger partial charge in [-0.15, -0.1) is 0 Å². The van der Waals surface area contributed by atoms with Crippen LogP contribution in [-0.2, 0) is 0 Å². The zero-order valence-corrected chi connectivity index (χ0v) is 11.4. The molecule has 100 valence electrons. The van der Waals surface area contributed by atoms with Crippen LogP contribution >= 0.6 is 11.6 Å². The van der Waals surface area contributed by atoms with E-state index in [0.717, 1.165) is 5.56 Å². The number of para-hydroxylation sites is 1. The third-order valence-electron chi connectivity index (χ3n) is 2.71. The topological polar surface area (TPSA) is 37.3 Å². The fraction of sp³-hybridized carbons (Fsp3) is 0. The second kappa shape index (κ2) is 6.73. The van der Waals surface area contributed by atoms with Crippen LogP contribution < -0.4 is 0 Å². The molecule has 0 atom stereocenters. The molecular weight excluding hydrogens is 272 g/mol. The van der Waals surface area contributed by atoms with E-state index in [1.165, 1.54) is 12.1 Å². The molecule has 20 heavy (non-hydrogen) atoms. The van der Waals surface area contributed by atoms with E-state index in [9.17, 15) is 9.90 Å². The highest BCUT2D eigenvalue weighted by Crippen LogP contribution is 2.17. The molecule has 0 spiro atoms. The van der Waals surface area contributed by atoms with Gasteiger partial charge in [0.2, 0.25) is 0 Å². The van der Waals surface area contributed by atoms with Crippen molar-refractivity contribution < 1.29 is 9.90 Å². The Hall–Kier alpha value is -2.32. The summed E-state index contributed by atoms with van der Waals surface area (Å²) >= 11 is 6.01. The number of phenols is 1. The van der Waals surface area contributed by atoms with Gasteiger partial charge in [-0.25, -0.2) is 0 Å². The predicted octanol–water partition coefficient (Wildman–Crippen LogP) is 4.50. The second-order valence-electron chi connectivity index (χ2n) is 4.12. The Balaban J connectivity index is 2.06. The van der Waals surface area contributed by atoms with Gasteiger partial charge in [0.1, 0.15) is 5.75 Å². The summed E-state index contributed by atoms with van der Waals surface area (Å²) in [4.78, 5) is 11.8. The highest BCUT2D eigenvalue weighted by atomic mass is 35.5. The number of allylic oxidation sites excluding steroid dienone is 3. The van der Waals surface area contributed by atoms with Gasteiger partial charge in [0, 0.05) is 5.02 Å². The lowest BCUT2D eigenvalue weighted by molar-refractivity contribution is 0.104. The normalized spacial score (nSPS) is 11.2. The van der Waals surface area contributed by atoms with E-state index in [1.807, 2.05) is 24.3 Å². The molecule has 0 heterocycles. The van der Waals surface area contributed by atoms with Gasteiger partial charge in [-0.1, -0.05) is 60.2 Å². The molecule has 0 saturated heterocycles. The molecule has 0 aliphatic rings. The number of hydrogen-bond acceptors (Lipinski definition) is 2. The summed E-state index contributed by atoms with van der Waals surface area (Å²) in [6.07, 6.45) is 6.58. The first-order valence-corrected chi connectivity index (χ1v) is 6.48. The van der Waals surface area contributed by atoms with Gasteiger partial charge in [0.15, 0.2) is 5.78 Å². The zero-order valence-electron chi connectivity index (χ0n) is 10.7. The number of phenolic OH excluding ortho intramolecular Hbond substituents is 1. The number of hydrogen-bond donors (Lipinski definition) is 1. The van der Waals surface area contributed by atoms with E-state index in [0.29, 0.717) is 5.02 Å². The molecule has 0 aliphatic heterocycles. The Morgan fingerprint density at radius 3 is 2.45 bits per heavy atom. The monoisotopic (exact) mass is 284 g/mol. The largest absolute Gasteiger partial charge is 0.507 e. The molecule has 0 fully saturated rings. The Kier molecular flexibility index (Phi) is 4.75. The molecule has 0 amide bonds. The first-order valence-electron chi connectivity index (χ1n) is 6.10. The fourth-order valence-corrected chi connectivity index (χ4v) is 1.88. The van der Waals surface area contributed by atoms with E-state index in [4.69, 9.17) is 11.6 Å². The lowest BCUT2D eigenvalue weighted by Gasteiger charge is -1.98. The van der Waals surface area contributed by atoms with Crippen LogP contribution in [0.25, 0.3) is 6.08 Å². The SMILES string of the molecule is O=C(/C=C/C=C/c1ccccc1Cl)c1ccccc1O. The first-order chi connectivity index (χ1) is 9.68. The van der Waals surface area contributed by atoms with Crippen LogP contribution in [0.1, 0.15) is 15.9 Å². The summed E-state index contributed by atoms with van der Waals surface area (Å²) in [7, 11) is 0. The van der Waals surface area contributed by atoms with Crippen LogP contribution in [0.4, 0.5) is 0 Å². The van der Waals surface area contributed by atoms with E-state index in [1.54, 1.807) is 36.4 Å². The molecule has 0 radical (unpaired) electrons. The molecule has 2 aromatic rings. The lowest BCUT2D eigenvalue weighted by Crippen LogP contribution is -1.93. The van der Waals surface area contributed by atoms with Crippen molar-refractivity contribution in [2.45, 2.75) is 0 Å². The Morgan fingerprint density at radius 1 is 1.00 bits per heavy atom. The highest BCUT2D eigenvalue weighted by molar-refractivity contribution is 6.32. The van der Waals surface area contributed by atoms with Crippen molar-refractivity contribution in [1.29, 1.82) is 0 Å². The van der Waals surface area contributed by atoms with Gasteiger partial charge in [-0.3, -0.25) is 4.79 Å². The molecule has 0 unspecified atom stereocenters. The minimum absolute atomic E-state index is 0.0165. The molecule has 0 saturated carbocycles. The number of aromatic hydroxyl groups is 1.